The highest BCUT2D eigenvalue weighted by Gasteiger charge is 2.29. The maximum absolute atomic E-state index is 12.3. The van der Waals surface area contributed by atoms with E-state index < -0.39 is 21.9 Å². The molecular weight excluding hydrogens is 269 g/mol. The largest absolute Gasteiger partial charge is 0.416 e. The highest BCUT2D eigenvalue weighted by molar-refractivity contribution is 7.85. The fourth-order valence-corrected chi connectivity index (χ4v) is 1.46. The molecule has 0 aliphatic carbocycles. The molecular formula is C11H11F3O3S. The Morgan fingerprint density at radius 3 is 2.22 bits per heavy atom. The summed E-state index contributed by atoms with van der Waals surface area (Å²) in [6, 6.07) is 4.49. The van der Waals surface area contributed by atoms with E-state index in [0.717, 1.165) is 18.4 Å². The summed E-state index contributed by atoms with van der Waals surface area (Å²) >= 11 is 0. The molecule has 0 saturated carbocycles. The molecule has 0 heterocycles. The zero-order chi connectivity index (χ0) is 13.8. The van der Waals surface area contributed by atoms with Crippen molar-refractivity contribution < 1.29 is 25.8 Å². The molecule has 0 spiro atoms. The Kier molecular flexibility index (Phi) is 4.53. The van der Waals surface area contributed by atoms with E-state index in [4.69, 9.17) is 0 Å². The molecule has 0 aliphatic heterocycles. The van der Waals surface area contributed by atoms with E-state index in [9.17, 15) is 21.6 Å². The van der Waals surface area contributed by atoms with E-state index in [1.165, 1.54) is 24.3 Å². The van der Waals surface area contributed by atoms with Crippen molar-refractivity contribution in [3.8, 4) is 0 Å². The first kappa shape index (κ1) is 14.7. The van der Waals surface area contributed by atoms with Crippen LogP contribution in [0.25, 0.3) is 6.08 Å². The van der Waals surface area contributed by atoms with Crippen molar-refractivity contribution in [3.63, 3.8) is 0 Å². The van der Waals surface area contributed by atoms with Gasteiger partial charge in [-0.1, -0.05) is 24.3 Å². The summed E-state index contributed by atoms with van der Waals surface area (Å²) in [4.78, 5) is 0. The predicted molar refractivity (Wildman–Crippen MR) is 61.3 cm³/mol. The number of halogens is 3. The number of hydrogen-bond donors (Lipinski definition) is 0. The van der Waals surface area contributed by atoms with Crippen LogP contribution in [0.1, 0.15) is 11.1 Å². The van der Waals surface area contributed by atoms with Crippen LogP contribution in [0.2, 0.25) is 0 Å². The minimum atomic E-state index is -4.36. The highest BCUT2D eigenvalue weighted by Crippen LogP contribution is 2.29. The third-order valence-electron chi connectivity index (χ3n) is 1.93. The molecule has 3 nitrogen and oxygen atoms in total. The number of hydrogen-bond acceptors (Lipinski definition) is 3. The Morgan fingerprint density at radius 2 is 1.78 bits per heavy atom. The van der Waals surface area contributed by atoms with Crippen molar-refractivity contribution in [2.45, 2.75) is 6.18 Å². The van der Waals surface area contributed by atoms with Crippen LogP contribution in [0.3, 0.4) is 0 Å². The highest BCUT2D eigenvalue weighted by atomic mass is 32.2. The number of rotatable bonds is 4. The molecule has 0 fully saturated rings. The van der Waals surface area contributed by atoms with Crippen molar-refractivity contribution in [1.29, 1.82) is 0 Å². The van der Waals surface area contributed by atoms with Gasteiger partial charge in [0.2, 0.25) is 0 Å². The molecule has 0 aromatic heterocycles. The van der Waals surface area contributed by atoms with Gasteiger partial charge in [0, 0.05) is 0 Å². The van der Waals surface area contributed by atoms with Crippen molar-refractivity contribution in [1.82, 2.24) is 0 Å². The normalized spacial score (nSPS) is 13.1. The van der Waals surface area contributed by atoms with Gasteiger partial charge in [-0.3, -0.25) is 4.18 Å². The van der Waals surface area contributed by atoms with Crippen LogP contribution >= 0.6 is 0 Å². The van der Waals surface area contributed by atoms with Gasteiger partial charge in [0.15, 0.2) is 0 Å². The lowest BCUT2D eigenvalue weighted by molar-refractivity contribution is -0.137. The minimum Gasteiger partial charge on any atom is -0.266 e. The second-order valence-electron chi connectivity index (χ2n) is 3.51. The van der Waals surface area contributed by atoms with E-state index in [-0.39, 0.29) is 6.61 Å². The molecule has 0 atom stereocenters. The molecule has 1 aromatic rings. The SMILES string of the molecule is CS(=O)(=O)OC/C=C/c1ccc(C(F)(F)F)cc1. The number of benzene rings is 1. The van der Waals surface area contributed by atoms with Crippen LogP contribution in [0.4, 0.5) is 13.2 Å². The summed E-state index contributed by atoms with van der Waals surface area (Å²) in [5.74, 6) is 0. The Hall–Kier alpha value is -1.34. The van der Waals surface area contributed by atoms with Crippen LogP contribution in [0.15, 0.2) is 30.3 Å². The monoisotopic (exact) mass is 280 g/mol. The third-order valence-corrected chi connectivity index (χ3v) is 2.49. The maximum Gasteiger partial charge on any atom is 0.416 e. The second kappa shape index (κ2) is 5.53. The Balaban J connectivity index is 2.62. The first-order valence-corrected chi connectivity index (χ1v) is 6.68. The fraction of sp³-hybridized carbons (Fsp3) is 0.273. The topological polar surface area (TPSA) is 43.4 Å². The van der Waals surface area contributed by atoms with Crippen molar-refractivity contribution >= 4 is 16.2 Å². The van der Waals surface area contributed by atoms with Gasteiger partial charge in [0.1, 0.15) is 0 Å². The van der Waals surface area contributed by atoms with Gasteiger partial charge in [-0.25, -0.2) is 0 Å². The lowest BCUT2D eigenvalue weighted by Crippen LogP contribution is -2.04. The molecule has 100 valence electrons. The van der Waals surface area contributed by atoms with Gasteiger partial charge < -0.3 is 0 Å². The summed E-state index contributed by atoms with van der Waals surface area (Å²) < 4.78 is 62.4. The third kappa shape index (κ3) is 5.33. The van der Waals surface area contributed by atoms with Crippen molar-refractivity contribution in [2.24, 2.45) is 0 Å². The molecule has 7 heteroatoms. The predicted octanol–water partition coefficient (Wildman–Crippen LogP) is 2.69. The van der Waals surface area contributed by atoms with E-state index in [1.54, 1.807) is 0 Å². The summed E-state index contributed by atoms with van der Waals surface area (Å²) in [6.07, 6.45) is -0.560. The van der Waals surface area contributed by atoms with Gasteiger partial charge in [-0.15, -0.1) is 0 Å². The average Bonchev–Trinajstić information content (AvgIpc) is 2.22. The minimum absolute atomic E-state index is 0.153. The fourth-order valence-electron chi connectivity index (χ4n) is 1.13. The summed E-state index contributed by atoms with van der Waals surface area (Å²) in [5.41, 5.74) is -0.202. The Labute approximate surface area is 103 Å². The van der Waals surface area contributed by atoms with E-state index in [2.05, 4.69) is 4.18 Å². The maximum atomic E-state index is 12.3. The summed E-state index contributed by atoms with van der Waals surface area (Å²) in [5, 5.41) is 0. The lowest BCUT2D eigenvalue weighted by atomic mass is 10.1. The van der Waals surface area contributed by atoms with Gasteiger partial charge in [0.05, 0.1) is 18.4 Å². The summed E-state index contributed by atoms with van der Waals surface area (Å²) in [6.45, 7) is -0.153. The van der Waals surface area contributed by atoms with Gasteiger partial charge >= 0.3 is 6.18 Å². The number of alkyl halides is 3. The molecule has 1 rings (SSSR count). The van der Waals surface area contributed by atoms with E-state index in [0.29, 0.717) is 5.56 Å². The molecule has 0 N–H and O–H groups in total. The van der Waals surface area contributed by atoms with Gasteiger partial charge in [-0.2, -0.15) is 21.6 Å². The van der Waals surface area contributed by atoms with E-state index in [1.807, 2.05) is 0 Å². The molecule has 1 aromatic carbocycles. The quantitative estimate of drug-likeness (QED) is 0.796. The molecule has 0 amide bonds. The first-order valence-electron chi connectivity index (χ1n) is 4.87. The molecule has 18 heavy (non-hydrogen) atoms. The molecule has 0 radical (unpaired) electrons. The van der Waals surface area contributed by atoms with Crippen LogP contribution in [0.5, 0.6) is 0 Å². The van der Waals surface area contributed by atoms with E-state index >= 15 is 0 Å². The molecule has 0 saturated heterocycles. The molecule has 0 aliphatic rings. The molecule has 0 bridgehead atoms. The standard InChI is InChI=1S/C11H11F3O3S/c1-18(15,16)17-8-2-3-9-4-6-10(7-5-9)11(12,13)14/h2-7H,8H2,1H3/b3-2+. The van der Waals surface area contributed by atoms with Crippen molar-refractivity contribution in [3.05, 3.63) is 41.5 Å². The second-order valence-corrected chi connectivity index (χ2v) is 5.15. The lowest BCUT2D eigenvalue weighted by Gasteiger charge is -2.05. The Morgan fingerprint density at radius 1 is 1.22 bits per heavy atom. The zero-order valence-electron chi connectivity index (χ0n) is 9.44. The average molecular weight is 280 g/mol. The molecule has 0 unspecified atom stereocenters. The Bertz CT molecular complexity index is 515. The van der Waals surface area contributed by atoms with Gasteiger partial charge in [-0.05, 0) is 17.7 Å². The van der Waals surface area contributed by atoms with Crippen LogP contribution < -0.4 is 0 Å². The summed E-state index contributed by atoms with van der Waals surface area (Å²) in [7, 11) is -3.50. The van der Waals surface area contributed by atoms with Gasteiger partial charge in [0.25, 0.3) is 10.1 Å². The zero-order valence-corrected chi connectivity index (χ0v) is 10.3. The van der Waals surface area contributed by atoms with Crippen LogP contribution in [0, 0.1) is 0 Å². The van der Waals surface area contributed by atoms with Crippen LogP contribution in [-0.2, 0) is 20.5 Å². The van der Waals surface area contributed by atoms with Crippen molar-refractivity contribution in [2.75, 3.05) is 12.9 Å². The first-order chi connectivity index (χ1) is 8.18. The van der Waals surface area contributed by atoms with Crippen LogP contribution in [-0.4, -0.2) is 21.3 Å². The smallest absolute Gasteiger partial charge is 0.266 e.